The van der Waals surface area contributed by atoms with E-state index in [4.69, 9.17) is 4.98 Å². The van der Waals surface area contributed by atoms with Crippen molar-refractivity contribution in [2.75, 3.05) is 31.1 Å². The molecule has 1 aliphatic heterocycles. The normalized spacial score (nSPS) is 15.2. The number of nitrogens with zero attached hydrogens (tertiary/aromatic N) is 3. The van der Waals surface area contributed by atoms with Crippen LogP contribution in [0.4, 0.5) is 5.69 Å². The molecule has 0 aliphatic carbocycles. The predicted octanol–water partition coefficient (Wildman–Crippen LogP) is 3.96. The summed E-state index contributed by atoms with van der Waals surface area (Å²) in [7, 11) is 0. The first-order valence-electron chi connectivity index (χ1n) is 11.6. The Labute approximate surface area is 202 Å². The molecular formula is C26H29N5O2S. The first-order chi connectivity index (χ1) is 16.3. The van der Waals surface area contributed by atoms with Gasteiger partial charge in [-0.05, 0) is 23.1 Å². The Morgan fingerprint density at radius 1 is 1.00 bits per heavy atom. The minimum atomic E-state index is -0.473. The second-order valence-electron chi connectivity index (χ2n) is 9.83. The summed E-state index contributed by atoms with van der Waals surface area (Å²) in [5, 5.41) is 1.04. The van der Waals surface area contributed by atoms with Crippen LogP contribution in [0.3, 0.4) is 0 Å². The molecule has 5 rings (SSSR count). The summed E-state index contributed by atoms with van der Waals surface area (Å²) in [6, 6.07) is 15.2. The Bertz CT molecular complexity index is 1420. The molecule has 0 amide bonds. The van der Waals surface area contributed by atoms with Crippen LogP contribution in [-0.2, 0) is 12.0 Å². The first kappa shape index (κ1) is 22.6. The fraction of sp³-hybridized carbons (Fsp3) is 0.346. The van der Waals surface area contributed by atoms with Crippen LogP contribution in [0.2, 0.25) is 0 Å². The zero-order valence-corrected chi connectivity index (χ0v) is 20.5. The van der Waals surface area contributed by atoms with Gasteiger partial charge in [0.2, 0.25) is 0 Å². The summed E-state index contributed by atoms with van der Waals surface area (Å²) < 4.78 is 1.19. The van der Waals surface area contributed by atoms with Gasteiger partial charge in [0.05, 0.1) is 10.4 Å². The molecule has 0 radical (unpaired) electrons. The van der Waals surface area contributed by atoms with Crippen molar-refractivity contribution in [3.8, 4) is 10.6 Å². The first-order valence-corrected chi connectivity index (χ1v) is 12.4. The average Bonchev–Trinajstić information content (AvgIpc) is 3.26. The highest BCUT2D eigenvalue weighted by Gasteiger charge is 2.21. The van der Waals surface area contributed by atoms with Crippen LogP contribution in [0.25, 0.3) is 20.8 Å². The van der Waals surface area contributed by atoms with Crippen molar-refractivity contribution in [1.82, 2.24) is 19.9 Å². The fourth-order valence-electron chi connectivity index (χ4n) is 4.37. The van der Waals surface area contributed by atoms with Gasteiger partial charge in [-0.1, -0.05) is 51.1 Å². The molecular weight excluding hydrogens is 446 g/mol. The van der Waals surface area contributed by atoms with E-state index in [1.807, 2.05) is 0 Å². The van der Waals surface area contributed by atoms with Crippen LogP contribution in [0.5, 0.6) is 0 Å². The number of rotatable bonds is 4. The standard InChI is InChI=1S/C26H29N5O2S/c1-26(2,3)19-9-7-17(8-10-19)24-28-22-20(5-4-6-21(22)34-24)31-13-11-30(12-14-31)16-18-15-27-25(33)29-23(18)32/h4-10,15H,11-14,16H2,1-3H3,(H2,27,29,32,33). The van der Waals surface area contributed by atoms with Gasteiger partial charge in [-0.2, -0.15) is 0 Å². The number of benzene rings is 2. The second-order valence-corrected chi connectivity index (χ2v) is 10.9. The van der Waals surface area contributed by atoms with Crippen molar-refractivity contribution in [2.45, 2.75) is 32.7 Å². The number of anilines is 1. The van der Waals surface area contributed by atoms with Gasteiger partial charge in [-0.3, -0.25) is 14.7 Å². The summed E-state index contributed by atoms with van der Waals surface area (Å²) in [4.78, 5) is 37.8. The van der Waals surface area contributed by atoms with Crippen molar-refractivity contribution in [2.24, 2.45) is 0 Å². The number of thiazole rings is 1. The smallest absolute Gasteiger partial charge is 0.325 e. The van der Waals surface area contributed by atoms with Gasteiger partial charge in [-0.25, -0.2) is 9.78 Å². The highest BCUT2D eigenvalue weighted by atomic mass is 32.1. The van der Waals surface area contributed by atoms with Gasteiger partial charge < -0.3 is 9.88 Å². The second kappa shape index (κ2) is 8.85. The van der Waals surface area contributed by atoms with E-state index in [1.54, 1.807) is 11.3 Å². The number of aromatic nitrogens is 3. The van der Waals surface area contributed by atoms with Gasteiger partial charge in [0.15, 0.2) is 0 Å². The molecule has 0 bridgehead atoms. The summed E-state index contributed by atoms with van der Waals surface area (Å²) in [5.41, 5.74) is 4.60. The van der Waals surface area contributed by atoms with E-state index in [0.717, 1.165) is 48.0 Å². The number of H-pyrrole nitrogens is 2. The number of nitrogens with one attached hydrogen (secondary N) is 2. The number of piperazine rings is 1. The molecule has 3 heterocycles. The third-order valence-electron chi connectivity index (χ3n) is 6.40. The Kier molecular flexibility index (Phi) is 5.87. The van der Waals surface area contributed by atoms with E-state index >= 15 is 0 Å². The minimum absolute atomic E-state index is 0.132. The van der Waals surface area contributed by atoms with E-state index < -0.39 is 5.69 Å². The molecule has 2 N–H and O–H groups in total. The van der Waals surface area contributed by atoms with E-state index in [0.29, 0.717) is 12.1 Å². The van der Waals surface area contributed by atoms with Crippen LogP contribution in [0.1, 0.15) is 31.9 Å². The Hall–Kier alpha value is -3.23. The van der Waals surface area contributed by atoms with Crippen molar-refractivity contribution < 1.29 is 0 Å². The number of aromatic amines is 2. The monoisotopic (exact) mass is 475 g/mol. The zero-order chi connectivity index (χ0) is 23.9. The van der Waals surface area contributed by atoms with Crippen molar-refractivity contribution >= 4 is 27.2 Å². The number of hydrogen-bond donors (Lipinski definition) is 2. The van der Waals surface area contributed by atoms with Gasteiger partial charge in [0.25, 0.3) is 5.56 Å². The fourth-order valence-corrected chi connectivity index (χ4v) is 5.36. The largest absolute Gasteiger partial charge is 0.367 e. The molecule has 8 heteroatoms. The molecule has 2 aromatic heterocycles. The Morgan fingerprint density at radius 2 is 1.74 bits per heavy atom. The highest BCUT2D eigenvalue weighted by Crippen LogP contribution is 2.36. The maximum absolute atomic E-state index is 12.0. The number of fused-ring (bicyclic) bond motifs is 1. The number of hydrogen-bond acceptors (Lipinski definition) is 6. The van der Waals surface area contributed by atoms with Crippen molar-refractivity contribution in [1.29, 1.82) is 0 Å². The topological polar surface area (TPSA) is 85.1 Å². The Morgan fingerprint density at radius 3 is 2.41 bits per heavy atom. The summed E-state index contributed by atoms with van der Waals surface area (Å²) in [6.07, 6.45) is 1.51. The molecule has 7 nitrogen and oxygen atoms in total. The lowest BCUT2D eigenvalue weighted by Crippen LogP contribution is -2.46. The molecule has 176 valence electrons. The van der Waals surface area contributed by atoms with E-state index in [2.05, 4.69) is 83.0 Å². The summed E-state index contributed by atoms with van der Waals surface area (Å²) >= 11 is 1.73. The maximum atomic E-state index is 12.0. The summed E-state index contributed by atoms with van der Waals surface area (Å²) in [5.74, 6) is 0. The van der Waals surface area contributed by atoms with Crippen LogP contribution < -0.4 is 16.1 Å². The molecule has 0 saturated carbocycles. The molecule has 0 atom stereocenters. The average molecular weight is 476 g/mol. The quantitative estimate of drug-likeness (QED) is 0.467. The molecule has 0 spiro atoms. The molecule has 34 heavy (non-hydrogen) atoms. The highest BCUT2D eigenvalue weighted by molar-refractivity contribution is 7.21. The zero-order valence-electron chi connectivity index (χ0n) is 19.7. The van der Waals surface area contributed by atoms with E-state index in [1.165, 1.54) is 16.5 Å². The maximum Gasteiger partial charge on any atom is 0.325 e. The third-order valence-corrected chi connectivity index (χ3v) is 7.47. The molecule has 4 aromatic rings. The number of para-hydroxylation sites is 1. The third kappa shape index (κ3) is 4.56. The molecule has 1 fully saturated rings. The van der Waals surface area contributed by atoms with Crippen LogP contribution in [-0.4, -0.2) is 46.0 Å². The predicted molar refractivity (Wildman–Crippen MR) is 139 cm³/mol. The lowest BCUT2D eigenvalue weighted by Gasteiger charge is -2.36. The van der Waals surface area contributed by atoms with Crippen LogP contribution in [0.15, 0.2) is 58.3 Å². The van der Waals surface area contributed by atoms with Gasteiger partial charge in [-0.15, -0.1) is 11.3 Å². The molecule has 0 unspecified atom stereocenters. The van der Waals surface area contributed by atoms with E-state index in [9.17, 15) is 9.59 Å². The van der Waals surface area contributed by atoms with Gasteiger partial charge in [0, 0.05) is 50.0 Å². The van der Waals surface area contributed by atoms with Gasteiger partial charge in [0.1, 0.15) is 10.5 Å². The lowest BCUT2D eigenvalue weighted by atomic mass is 9.87. The molecule has 1 saturated heterocycles. The van der Waals surface area contributed by atoms with Gasteiger partial charge >= 0.3 is 5.69 Å². The molecule has 1 aliphatic rings. The van der Waals surface area contributed by atoms with Crippen molar-refractivity contribution in [3.05, 3.63) is 80.6 Å². The summed E-state index contributed by atoms with van der Waals surface area (Å²) in [6.45, 7) is 10.6. The van der Waals surface area contributed by atoms with E-state index in [-0.39, 0.29) is 11.0 Å². The van der Waals surface area contributed by atoms with Crippen molar-refractivity contribution in [3.63, 3.8) is 0 Å². The lowest BCUT2D eigenvalue weighted by molar-refractivity contribution is 0.248. The Balaban J connectivity index is 1.33. The SMILES string of the molecule is CC(C)(C)c1ccc(-c2nc3c(N4CCN(Cc5c[nH]c(=O)[nH]c5=O)CC4)cccc3s2)cc1. The molecule has 2 aromatic carbocycles. The minimum Gasteiger partial charge on any atom is -0.367 e. The van der Waals surface area contributed by atoms with Crippen LogP contribution in [0, 0.1) is 0 Å². The van der Waals surface area contributed by atoms with Crippen LogP contribution >= 0.6 is 11.3 Å².